The van der Waals surface area contributed by atoms with Crippen LogP contribution >= 0.6 is 0 Å². The Bertz CT molecular complexity index is 857. The molecule has 0 unspecified atom stereocenters. The maximum Gasteiger partial charge on any atom is 0.305 e. The molecule has 0 heterocycles. The monoisotopic (exact) mass is 506 g/mol. The quantitative estimate of drug-likeness (QED) is 0.412. The lowest BCUT2D eigenvalue weighted by Crippen LogP contribution is -2.63. The fourth-order valence-electron chi connectivity index (χ4n) is 9.42. The maximum atomic E-state index is 12.2. The Labute approximate surface area is 216 Å². The van der Waals surface area contributed by atoms with Crippen molar-refractivity contribution in [3.8, 4) is 0 Å². The minimum absolute atomic E-state index is 0.0227. The van der Waals surface area contributed by atoms with E-state index in [4.69, 9.17) is 14.2 Å². The molecule has 11 atom stereocenters. The molecule has 0 aromatic carbocycles. The zero-order valence-electron chi connectivity index (χ0n) is 23.0. The summed E-state index contributed by atoms with van der Waals surface area (Å²) in [7, 11) is 1.43. The molecule has 0 amide bonds. The molecule has 0 bridgehead atoms. The van der Waals surface area contributed by atoms with Crippen LogP contribution in [0.2, 0.25) is 0 Å². The topological polar surface area (TPSA) is 99.1 Å². The summed E-state index contributed by atoms with van der Waals surface area (Å²) in [5.74, 6) is 0.965. The van der Waals surface area contributed by atoms with Gasteiger partial charge in [0.05, 0.1) is 13.2 Å². The van der Waals surface area contributed by atoms with Gasteiger partial charge in [-0.2, -0.15) is 0 Å². The second kappa shape index (κ2) is 10.3. The van der Waals surface area contributed by atoms with Crippen LogP contribution in [0.25, 0.3) is 0 Å². The number of fused-ring (bicyclic) bond motifs is 5. The van der Waals surface area contributed by atoms with Crippen LogP contribution < -0.4 is 0 Å². The van der Waals surface area contributed by atoms with Gasteiger partial charge in [0.1, 0.15) is 12.2 Å². The minimum Gasteiger partial charge on any atom is -0.469 e. The molecule has 7 nitrogen and oxygen atoms in total. The standard InChI is InChI=1S/C29H46O7/c1-16(7-10-26(33)34-6)21-8-9-22-27-23(15-25(32)29(21,22)5)28(4)12-11-20(35-17(2)30)13-19(28)14-24(27)36-18(3)31/h16,19-25,27,32H,7-15H2,1-6H3/t16-,19-,20+,21+,22-,23-,24+,25-,27-,28-,29+/m0/s1. The highest BCUT2D eigenvalue weighted by Crippen LogP contribution is 2.68. The van der Waals surface area contributed by atoms with Crippen molar-refractivity contribution in [2.75, 3.05) is 7.11 Å². The van der Waals surface area contributed by atoms with Crippen LogP contribution in [0.15, 0.2) is 0 Å². The van der Waals surface area contributed by atoms with Crippen LogP contribution in [-0.4, -0.2) is 48.4 Å². The minimum atomic E-state index is -0.434. The van der Waals surface area contributed by atoms with Gasteiger partial charge < -0.3 is 19.3 Å². The SMILES string of the molecule is COC(=O)CC[C@H](C)[C@H]1CC[C@H]2[C@@H]3[C@H](OC(C)=O)C[C@@H]4C[C@H](OC(C)=O)CC[C@]4(C)[C@H]3C[C@H](O)[C@]12C. The lowest BCUT2D eigenvalue weighted by atomic mass is 9.43. The van der Waals surface area contributed by atoms with Crippen LogP contribution in [0, 0.1) is 46.3 Å². The summed E-state index contributed by atoms with van der Waals surface area (Å²) in [6, 6.07) is 0. The largest absolute Gasteiger partial charge is 0.469 e. The second-order valence-electron chi connectivity index (χ2n) is 12.8. The zero-order valence-corrected chi connectivity index (χ0v) is 23.0. The highest BCUT2D eigenvalue weighted by Gasteiger charge is 2.66. The third kappa shape index (κ3) is 4.69. The molecule has 1 N–H and O–H groups in total. The molecule has 0 saturated heterocycles. The Morgan fingerprint density at radius 3 is 2.31 bits per heavy atom. The summed E-state index contributed by atoms with van der Waals surface area (Å²) in [4.78, 5) is 35.7. The summed E-state index contributed by atoms with van der Waals surface area (Å²) in [5, 5.41) is 11.8. The van der Waals surface area contributed by atoms with Crippen molar-refractivity contribution in [2.45, 2.75) is 111 Å². The first-order valence-corrected chi connectivity index (χ1v) is 14.0. The van der Waals surface area contributed by atoms with Gasteiger partial charge in [-0.3, -0.25) is 14.4 Å². The van der Waals surface area contributed by atoms with Crippen molar-refractivity contribution in [3.63, 3.8) is 0 Å². The van der Waals surface area contributed by atoms with Crippen LogP contribution in [-0.2, 0) is 28.6 Å². The Hall–Kier alpha value is -1.63. The maximum absolute atomic E-state index is 12.2. The van der Waals surface area contributed by atoms with E-state index < -0.39 is 6.10 Å². The molecule has 0 spiro atoms. The zero-order chi connectivity index (χ0) is 26.4. The van der Waals surface area contributed by atoms with E-state index in [1.54, 1.807) is 0 Å². The fourth-order valence-corrected chi connectivity index (χ4v) is 9.42. The van der Waals surface area contributed by atoms with Crippen molar-refractivity contribution < 1.29 is 33.7 Å². The number of hydrogen-bond donors (Lipinski definition) is 1. The highest BCUT2D eigenvalue weighted by molar-refractivity contribution is 5.69. The van der Waals surface area contributed by atoms with E-state index >= 15 is 0 Å². The summed E-state index contributed by atoms with van der Waals surface area (Å²) >= 11 is 0. The Morgan fingerprint density at radius 2 is 1.67 bits per heavy atom. The van der Waals surface area contributed by atoms with Gasteiger partial charge in [0.25, 0.3) is 0 Å². The number of rotatable bonds is 6. The number of aliphatic hydroxyl groups excluding tert-OH is 1. The molecule has 4 fully saturated rings. The molecule has 4 aliphatic carbocycles. The van der Waals surface area contributed by atoms with Gasteiger partial charge in [0.15, 0.2) is 0 Å². The molecule has 4 aliphatic rings. The molecule has 4 saturated carbocycles. The number of hydrogen-bond acceptors (Lipinski definition) is 7. The molecule has 204 valence electrons. The Kier molecular flexibility index (Phi) is 7.81. The molecule has 0 aromatic heterocycles. The van der Waals surface area contributed by atoms with E-state index in [1.165, 1.54) is 21.0 Å². The number of methoxy groups -OCH3 is 1. The van der Waals surface area contributed by atoms with Gasteiger partial charge in [-0.15, -0.1) is 0 Å². The van der Waals surface area contributed by atoms with E-state index in [1.807, 2.05) is 0 Å². The molecular weight excluding hydrogens is 460 g/mol. The van der Waals surface area contributed by atoms with E-state index in [2.05, 4.69) is 20.8 Å². The van der Waals surface area contributed by atoms with Gasteiger partial charge in [0.2, 0.25) is 0 Å². The average molecular weight is 507 g/mol. The van der Waals surface area contributed by atoms with Crippen LogP contribution in [0.4, 0.5) is 0 Å². The van der Waals surface area contributed by atoms with Crippen molar-refractivity contribution in [1.29, 1.82) is 0 Å². The van der Waals surface area contributed by atoms with E-state index in [0.29, 0.717) is 24.7 Å². The smallest absolute Gasteiger partial charge is 0.305 e. The average Bonchev–Trinajstić information content (AvgIpc) is 3.16. The number of ether oxygens (including phenoxy) is 3. The summed E-state index contributed by atoms with van der Waals surface area (Å²) in [6.45, 7) is 9.78. The Balaban J connectivity index is 1.62. The van der Waals surface area contributed by atoms with Crippen molar-refractivity contribution >= 4 is 17.9 Å². The van der Waals surface area contributed by atoms with E-state index in [-0.39, 0.29) is 64.6 Å². The first-order valence-electron chi connectivity index (χ1n) is 14.0. The van der Waals surface area contributed by atoms with E-state index in [9.17, 15) is 19.5 Å². The number of carbonyl (C=O) groups excluding carboxylic acids is 3. The molecule has 0 aromatic rings. The highest BCUT2D eigenvalue weighted by atomic mass is 16.5. The third-order valence-electron chi connectivity index (χ3n) is 11.2. The fraction of sp³-hybridized carbons (Fsp3) is 0.897. The van der Waals surface area contributed by atoms with Gasteiger partial charge in [-0.1, -0.05) is 20.8 Å². The molecule has 0 aliphatic heterocycles. The first kappa shape index (κ1) is 27.4. The summed E-state index contributed by atoms with van der Waals surface area (Å²) < 4.78 is 16.5. The number of aliphatic hydroxyl groups is 1. The predicted molar refractivity (Wildman–Crippen MR) is 134 cm³/mol. The second-order valence-corrected chi connectivity index (χ2v) is 12.8. The normalized spacial score (nSPS) is 44.4. The van der Waals surface area contributed by atoms with Gasteiger partial charge >= 0.3 is 17.9 Å². The van der Waals surface area contributed by atoms with Gasteiger partial charge in [-0.25, -0.2) is 0 Å². The molecular formula is C29H46O7. The molecule has 4 rings (SSSR count). The number of carbonyl (C=O) groups is 3. The van der Waals surface area contributed by atoms with Crippen LogP contribution in [0.1, 0.15) is 92.4 Å². The number of esters is 3. The van der Waals surface area contributed by atoms with Crippen molar-refractivity contribution in [1.82, 2.24) is 0 Å². The van der Waals surface area contributed by atoms with Crippen LogP contribution in [0.5, 0.6) is 0 Å². The summed E-state index contributed by atoms with van der Waals surface area (Å²) in [6.07, 6.45) is 6.59. The third-order valence-corrected chi connectivity index (χ3v) is 11.2. The first-order chi connectivity index (χ1) is 16.9. The lowest BCUT2D eigenvalue weighted by Gasteiger charge is -2.64. The Morgan fingerprint density at radius 1 is 0.972 bits per heavy atom. The molecule has 0 radical (unpaired) electrons. The predicted octanol–water partition coefficient (Wildman–Crippen LogP) is 4.68. The van der Waals surface area contributed by atoms with Gasteiger partial charge in [0, 0.05) is 26.2 Å². The van der Waals surface area contributed by atoms with Crippen LogP contribution in [0.3, 0.4) is 0 Å². The lowest BCUT2D eigenvalue weighted by molar-refractivity contribution is -0.218. The van der Waals surface area contributed by atoms with E-state index in [0.717, 1.165) is 44.9 Å². The van der Waals surface area contributed by atoms with Gasteiger partial charge in [-0.05, 0) is 91.8 Å². The van der Waals surface area contributed by atoms with Crippen molar-refractivity contribution in [2.24, 2.45) is 46.3 Å². The van der Waals surface area contributed by atoms with Crippen molar-refractivity contribution in [3.05, 3.63) is 0 Å². The summed E-state index contributed by atoms with van der Waals surface area (Å²) in [5.41, 5.74) is -0.248. The molecule has 36 heavy (non-hydrogen) atoms. The molecule has 7 heteroatoms.